The van der Waals surface area contributed by atoms with Crippen molar-refractivity contribution in [1.29, 1.82) is 0 Å². The fraction of sp³-hybridized carbons (Fsp3) is 0.357. The fourth-order valence-electron chi connectivity index (χ4n) is 3.00. The molecule has 0 radical (unpaired) electrons. The van der Waals surface area contributed by atoms with Crippen molar-refractivity contribution in [3.05, 3.63) is 46.7 Å². The van der Waals surface area contributed by atoms with E-state index >= 15 is 0 Å². The summed E-state index contributed by atoms with van der Waals surface area (Å²) in [6.45, 7) is 0. The van der Waals surface area contributed by atoms with E-state index in [0.717, 1.165) is 36.9 Å². The van der Waals surface area contributed by atoms with Crippen molar-refractivity contribution in [2.24, 2.45) is 0 Å². The van der Waals surface area contributed by atoms with Gasteiger partial charge in [-0.1, -0.05) is 31.0 Å². The normalized spacial score (nSPS) is 18.1. The molecule has 2 aromatic rings. The summed E-state index contributed by atoms with van der Waals surface area (Å²) in [5.74, 6) is -0.133. The monoisotopic (exact) mass is 262 g/mol. The lowest BCUT2D eigenvalue weighted by molar-refractivity contribution is 0.481. The number of hydrogen-bond donors (Lipinski definition) is 1. The molecule has 4 heteroatoms. The van der Waals surface area contributed by atoms with Crippen molar-refractivity contribution in [3.8, 4) is 0 Å². The maximum Gasteiger partial charge on any atom is 0.180 e. The summed E-state index contributed by atoms with van der Waals surface area (Å²) in [6, 6.07) is 7.05. The average Bonchev–Trinajstić information content (AvgIpc) is 2.99. The van der Waals surface area contributed by atoms with Crippen LogP contribution in [0.1, 0.15) is 36.9 Å². The first-order valence-electron chi connectivity index (χ1n) is 6.19. The number of hydrogen-bond acceptors (Lipinski definition) is 3. The van der Waals surface area contributed by atoms with Gasteiger partial charge in [0.15, 0.2) is 5.13 Å². The zero-order valence-corrected chi connectivity index (χ0v) is 10.8. The molecule has 2 nitrogen and oxygen atoms in total. The second-order valence-electron chi connectivity index (χ2n) is 4.84. The van der Waals surface area contributed by atoms with Gasteiger partial charge in [-0.15, -0.1) is 11.3 Å². The van der Waals surface area contributed by atoms with Gasteiger partial charge in [0.1, 0.15) is 5.82 Å². The Hall–Kier alpha value is -1.42. The Labute approximate surface area is 110 Å². The van der Waals surface area contributed by atoms with E-state index in [9.17, 15) is 4.39 Å². The van der Waals surface area contributed by atoms with E-state index < -0.39 is 0 Å². The molecule has 0 aliphatic heterocycles. The van der Waals surface area contributed by atoms with E-state index in [2.05, 4.69) is 4.98 Å². The number of thiazole rings is 1. The van der Waals surface area contributed by atoms with Crippen LogP contribution in [-0.4, -0.2) is 4.98 Å². The lowest BCUT2D eigenvalue weighted by Gasteiger charge is -2.28. The average molecular weight is 262 g/mol. The van der Waals surface area contributed by atoms with Gasteiger partial charge in [0.2, 0.25) is 0 Å². The molecule has 1 aromatic carbocycles. The molecule has 1 aromatic heterocycles. The second kappa shape index (κ2) is 4.35. The lowest BCUT2D eigenvalue weighted by Crippen LogP contribution is -2.25. The van der Waals surface area contributed by atoms with Crippen LogP contribution in [0.3, 0.4) is 0 Å². The second-order valence-corrected chi connectivity index (χ2v) is 5.73. The van der Waals surface area contributed by atoms with Gasteiger partial charge in [0.05, 0.1) is 5.69 Å². The Bertz CT molecular complexity index is 558. The molecule has 0 unspecified atom stereocenters. The lowest BCUT2D eigenvalue weighted by atomic mass is 9.76. The van der Waals surface area contributed by atoms with Crippen LogP contribution in [0.4, 0.5) is 9.52 Å². The van der Waals surface area contributed by atoms with Crippen LogP contribution in [0.25, 0.3) is 0 Å². The Balaban J connectivity index is 2.16. The summed E-state index contributed by atoms with van der Waals surface area (Å²) in [4.78, 5) is 4.41. The van der Waals surface area contributed by atoms with Crippen molar-refractivity contribution >= 4 is 16.5 Å². The van der Waals surface area contributed by atoms with Gasteiger partial charge in [0.25, 0.3) is 0 Å². The van der Waals surface area contributed by atoms with Crippen LogP contribution in [0.15, 0.2) is 29.6 Å². The molecule has 1 heterocycles. The number of benzene rings is 1. The van der Waals surface area contributed by atoms with Crippen LogP contribution in [0.5, 0.6) is 0 Å². The van der Waals surface area contributed by atoms with Gasteiger partial charge in [-0.25, -0.2) is 9.37 Å². The molecule has 0 atom stereocenters. The minimum absolute atomic E-state index is 0.133. The fourth-order valence-corrected chi connectivity index (χ4v) is 3.66. The molecule has 3 rings (SSSR count). The molecule has 0 amide bonds. The number of anilines is 1. The highest BCUT2D eigenvalue weighted by Gasteiger charge is 2.40. The smallest absolute Gasteiger partial charge is 0.180 e. The molecule has 1 aliphatic rings. The quantitative estimate of drug-likeness (QED) is 0.895. The topological polar surface area (TPSA) is 38.9 Å². The number of rotatable bonds is 2. The Morgan fingerprint density at radius 1 is 1.22 bits per heavy atom. The van der Waals surface area contributed by atoms with E-state index in [4.69, 9.17) is 5.73 Å². The van der Waals surface area contributed by atoms with E-state index in [1.54, 1.807) is 6.07 Å². The standard InChI is InChI=1S/C14H15FN2S/c15-11-6-2-1-5-10(11)14(7-3-4-8-14)12-9-18-13(16)17-12/h1-2,5-6,9H,3-4,7-8H2,(H2,16,17). The maximum absolute atomic E-state index is 14.1. The summed E-state index contributed by atoms with van der Waals surface area (Å²) in [5.41, 5.74) is 7.18. The summed E-state index contributed by atoms with van der Waals surface area (Å²) in [5, 5.41) is 2.54. The molecule has 0 bridgehead atoms. The number of nitrogens with two attached hydrogens (primary N) is 1. The van der Waals surface area contributed by atoms with E-state index in [-0.39, 0.29) is 11.2 Å². The first-order valence-corrected chi connectivity index (χ1v) is 7.07. The SMILES string of the molecule is Nc1nc(C2(c3ccccc3F)CCCC2)cs1. The summed E-state index contributed by atoms with van der Waals surface area (Å²) < 4.78 is 14.1. The van der Waals surface area contributed by atoms with Crippen molar-refractivity contribution in [1.82, 2.24) is 4.98 Å². The molecule has 0 saturated heterocycles. The van der Waals surface area contributed by atoms with E-state index in [1.165, 1.54) is 17.4 Å². The van der Waals surface area contributed by atoms with Crippen LogP contribution in [0.2, 0.25) is 0 Å². The number of aromatic nitrogens is 1. The highest BCUT2D eigenvalue weighted by atomic mass is 32.1. The van der Waals surface area contributed by atoms with Gasteiger partial charge >= 0.3 is 0 Å². The van der Waals surface area contributed by atoms with Crippen molar-refractivity contribution in [2.75, 3.05) is 5.73 Å². The molecule has 2 N–H and O–H groups in total. The molecule has 0 spiro atoms. The van der Waals surface area contributed by atoms with E-state index in [0.29, 0.717) is 5.13 Å². The molecule has 1 saturated carbocycles. The van der Waals surface area contributed by atoms with Crippen molar-refractivity contribution < 1.29 is 4.39 Å². The van der Waals surface area contributed by atoms with Gasteiger partial charge in [-0.05, 0) is 24.5 Å². The minimum atomic E-state index is -0.264. The van der Waals surface area contributed by atoms with Crippen molar-refractivity contribution in [3.63, 3.8) is 0 Å². The Kier molecular flexibility index (Phi) is 2.82. The summed E-state index contributed by atoms with van der Waals surface area (Å²) in [6.07, 6.45) is 4.14. The third-order valence-corrected chi connectivity index (χ3v) is 4.53. The van der Waals surface area contributed by atoms with Crippen LogP contribution in [-0.2, 0) is 5.41 Å². The Morgan fingerprint density at radius 3 is 2.56 bits per heavy atom. The molecule has 18 heavy (non-hydrogen) atoms. The highest BCUT2D eigenvalue weighted by molar-refractivity contribution is 7.13. The molecule has 1 aliphatic carbocycles. The number of nitrogens with zero attached hydrogens (tertiary/aromatic N) is 1. The zero-order valence-electron chi connectivity index (χ0n) is 10.0. The molecular weight excluding hydrogens is 247 g/mol. The molecule has 94 valence electrons. The summed E-state index contributed by atoms with van der Waals surface area (Å²) in [7, 11) is 0. The van der Waals surface area contributed by atoms with Gasteiger partial charge in [0, 0.05) is 10.8 Å². The maximum atomic E-state index is 14.1. The summed E-state index contributed by atoms with van der Waals surface area (Å²) >= 11 is 1.43. The first-order chi connectivity index (χ1) is 8.72. The molecular formula is C14H15FN2S. The van der Waals surface area contributed by atoms with E-state index in [1.807, 2.05) is 17.5 Å². The zero-order chi connectivity index (χ0) is 12.6. The first kappa shape index (κ1) is 11.7. The van der Waals surface area contributed by atoms with Crippen LogP contribution < -0.4 is 5.73 Å². The van der Waals surface area contributed by atoms with Crippen LogP contribution in [0, 0.1) is 5.82 Å². The van der Waals surface area contributed by atoms with Gasteiger partial charge in [-0.3, -0.25) is 0 Å². The minimum Gasteiger partial charge on any atom is -0.375 e. The predicted molar refractivity (Wildman–Crippen MR) is 72.2 cm³/mol. The third kappa shape index (κ3) is 1.72. The van der Waals surface area contributed by atoms with Gasteiger partial charge < -0.3 is 5.73 Å². The van der Waals surface area contributed by atoms with Crippen molar-refractivity contribution in [2.45, 2.75) is 31.1 Å². The highest BCUT2D eigenvalue weighted by Crippen LogP contribution is 2.47. The predicted octanol–water partition coefficient (Wildman–Crippen LogP) is 3.72. The molecule has 1 fully saturated rings. The van der Waals surface area contributed by atoms with Gasteiger partial charge in [-0.2, -0.15) is 0 Å². The van der Waals surface area contributed by atoms with Crippen LogP contribution >= 0.6 is 11.3 Å². The number of halogens is 1. The third-order valence-electron chi connectivity index (χ3n) is 3.86. The Morgan fingerprint density at radius 2 is 1.94 bits per heavy atom. The largest absolute Gasteiger partial charge is 0.375 e. The number of nitrogen functional groups attached to an aromatic ring is 1.